The maximum absolute atomic E-state index is 5.53. The highest BCUT2D eigenvalue weighted by molar-refractivity contribution is 7.73. The molecule has 0 aliphatic heterocycles. The molecule has 0 saturated carbocycles. The third kappa shape index (κ3) is 6.83. The van der Waals surface area contributed by atoms with Gasteiger partial charge in [-0.15, -0.1) is 0 Å². The highest BCUT2D eigenvalue weighted by Crippen LogP contribution is 2.39. The summed E-state index contributed by atoms with van der Waals surface area (Å²) in [7, 11) is 0.809. The summed E-state index contributed by atoms with van der Waals surface area (Å²) in [4.78, 5) is 2.63. The van der Waals surface area contributed by atoms with E-state index in [0.717, 1.165) is 25.7 Å². The van der Waals surface area contributed by atoms with Gasteiger partial charge in [0.05, 0.1) is 6.61 Å². The van der Waals surface area contributed by atoms with Gasteiger partial charge in [0.2, 0.25) is 0 Å². The van der Waals surface area contributed by atoms with Crippen LogP contribution in [0.4, 0.5) is 0 Å². The lowest BCUT2D eigenvalue weighted by molar-refractivity contribution is 0.166. The van der Waals surface area contributed by atoms with Gasteiger partial charge in [-0.3, -0.25) is 4.90 Å². The number of benzene rings is 4. The summed E-state index contributed by atoms with van der Waals surface area (Å²) in [6.07, 6.45) is 2.04. The topological polar surface area (TPSA) is 12.5 Å². The molecule has 0 aromatic heterocycles. The molecule has 0 saturated heterocycles. The number of rotatable bonds is 11. The number of methoxy groups -OCH3 is 1. The lowest BCUT2D eigenvalue weighted by Crippen LogP contribution is -2.34. The Morgan fingerprint density at radius 2 is 0.818 bits per heavy atom. The molecule has 2 nitrogen and oxygen atoms in total. The van der Waals surface area contributed by atoms with Crippen molar-refractivity contribution in [3.8, 4) is 0 Å². The minimum atomic E-state index is -0.494. The highest BCUT2D eigenvalue weighted by atomic mass is 31.1. The quantitative estimate of drug-likeness (QED) is 0.282. The molecule has 0 spiro atoms. The standard InChI is InChI=1S/C29H31NOP2/c1-31-23-22-30(24-32(26-14-6-2-7-15-26)27-16-8-3-9-17-27)25-33(28-18-10-4-11-19-28)29-20-12-5-13-21-29/h2-21H,22-25H2,1H3. The summed E-state index contributed by atoms with van der Waals surface area (Å²) in [5.74, 6) is 0. The Morgan fingerprint density at radius 1 is 0.515 bits per heavy atom. The zero-order chi connectivity index (χ0) is 22.7. The van der Waals surface area contributed by atoms with Crippen LogP contribution < -0.4 is 21.2 Å². The van der Waals surface area contributed by atoms with Crippen molar-refractivity contribution >= 4 is 37.1 Å². The predicted octanol–water partition coefficient (Wildman–Crippen LogP) is 5.12. The molecule has 4 aromatic rings. The first kappa shape index (κ1) is 23.8. The van der Waals surface area contributed by atoms with Crippen molar-refractivity contribution in [1.82, 2.24) is 4.90 Å². The van der Waals surface area contributed by atoms with E-state index in [1.807, 2.05) is 0 Å². The summed E-state index contributed by atoms with van der Waals surface area (Å²) in [6.45, 7) is 1.66. The van der Waals surface area contributed by atoms with E-state index in [-0.39, 0.29) is 0 Å². The van der Waals surface area contributed by atoms with Crippen molar-refractivity contribution in [2.24, 2.45) is 0 Å². The second kappa shape index (κ2) is 12.8. The summed E-state index contributed by atoms with van der Waals surface area (Å²) in [5, 5.41) is 5.68. The normalized spacial score (nSPS) is 11.4. The van der Waals surface area contributed by atoms with E-state index < -0.39 is 15.8 Å². The molecule has 0 atom stereocenters. The van der Waals surface area contributed by atoms with Gasteiger partial charge in [0.15, 0.2) is 0 Å². The molecule has 0 amide bonds. The van der Waals surface area contributed by atoms with Crippen molar-refractivity contribution < 1.29 is 4.74 Å². The van der Waals surface area contributed by atoms with Crippen molar-refractivity contribution in [2.75, 3.05) is 32.8 Å². The van der Waals surface area contributed by atoms with Gasteiger partial charge in [-0.2, -0.15) is 0 Å². The first-order valence-corrected chi connectivity index (χ1v) is 14.4. The van der Waals surface area contributed by atoms with Gasteiger partial charge in [-0.1, -0.05) is 121 Å². The van der Waals surface area contributed by atoms with Crippen molar-refractivity contribution in [2.45, 2.75) is 0 Å². The van der Waals surface area contributed by atoms with Crippen LogP contribution >= 0.6 is 15.8 Å². The molecule has 4 aromatic carbocycles. The van der Waals surface area contributed by atoms with E-state index in [2.05, 4.69) is 126 Å². The van der Waals surface area contributed by atoms with E-state index in [9.17, 15) is 0 Å². The molecule has 0 bridgehead atoms. The molecule has 0 unspecified atom stereocenters. The Balaban J connectivity index is 1.65. The molecule has 0 fully saturated rings. The largest absolute Gasteiger partial charge is 0.383 e. The van der Waals surface area contributed by atoms with Crippen molar-refractivity contribution in [3.05, 3.63) is 121 Å². The van der Waals surface area contributed by atoms with Crippen molar-refractivity contribution in [3.63, 3.8) is 0 Å². The van der Waals surface area contributed by atoms with E-state index in [1.165, 1.54) is 21.2 Å². The Labute approximate surface area is 200 Å². The van der Waals surface area contributed by atoms with Crippen LogP contribution in [0.3, 0.4) is 0 Å². The van der Waals surface area contributed by atoms with Gasteiger partial charge in [0, 0.05) is 26.2 Å². The van der Waals surface area contributed by atoms with Crippen LogP contribution in [0.2, 0.25) is 0 Å². The molecule has 4 rings (SSSR count). The average Bonchev–Trinajstić information content (AvgIpc) is 2.90. The van der Waals surface area contributed by atoms with E-state index in [4.69, 9.17) is 4.74 Å². The Bertz CT molecular complexity index is 898. The Morgan fingerprint density at radius 3 is 1.09 bits per heavy atom. The Hall–Kier alpha value is -2.34. The summed E-state index contributed by atoms with van der Waals surface area (Å²) >= 11 is 0. The van der Waals surface area contributed by atoms with Gasteiger partial charge in [0.25, 0.3) is 0 Å². The molecule has 33 heavy (non-hydrogen) atoms. The van der Waals surface area contributed by atoms with Gasteiger partial charge >= 0.3 is 0 Å². The van der Waals surface area contributed by atoms with E-state index in [0.29, 0.717) is 0 Å². The maximum atomic E-state index is 5.53. The molecule has 0 N–H and O–H groups in total. The fourth-order valence-electron chi connectivity index (χ4n) is 3.86. The maximum Gasteiger partial charge on any atom is 0.0589 e. The second-order valence-electron chi connectivity index (χ2n) is 7.87. The number of hydrogen-bond acceptors (Lipinski definition) is 2. The molecule has 4 heteroatoms. The lowest BCUT2D eigenvalue weighted by atomic mass is 10.4. The van der Waals surface area contributed by atoms with Crippen molar-refractivity contribution in [1.29, 1.82) is 0 Å². The molecule has 168 valence electrons. The number of nitrogens with zero attached hydrogens (tertiary/aromatic N) is 1. The molecule has 0 aliphatic carbocycles. The first-order chi connectivity index (χ1) is 16.3. The van der Waals surface area contributed by atoms with Gasteiger partial charge in [0.1, 0.15) is 0 Å². The van der Waals surface area contributed by atoms with Crippen LogP contribution in [0, 0.1) is 0 Å². The van der Waals surface area contributed by atoms with Gasteiger partial charge in [-0.05, 0) is 37.1 Å². The van der Waals surface area contributed by atoms with Crippen LogP contribution in [-0.4, -0.2) is 37.7 Å². The summed E-state index contributed by atoms with van der Waals surface area (Å²) in [6, 6.07) is 44.0. The van der Waals surface area contributed by atoms with Crippen LogP contribution in [0.5, 0.6) is 0 Å². The molecule has 0 aliphatic rings. The van der Waals surface area contributed by atoms with Gasteiger partial charge < -0.3 is 4.74 Å². The summed E-state index contributed by atoms with van der Waals surface area (Å²) < 4.78 is 5.53. The molecular weight excluding hydrogens is 440 g/mol. The Kier molecular flexibility index (Phi) is 9.22. The fourth-order valence-corrected chi connectivity index (χ4v) is 8.68. The molecule has 0 heterocycles. The minimum Gasteiger partial charge on any atom is -0.383 e. The fraction of sp³-hybridized carbons (Fsp3) is 0.172. The number of hydrogen-bond donors (Lipinski definition) is 0. The number of ether oxygens (including phenoxy) is 1. The summed E-state index contributed by atoms with van der Waals surface area (Å²) in [5.41, 5.74) is 0. The smallest absolute Gasteiger partial charge is 0.0589 e. The zero-order valence-corrected chi connectivity index (χ0v) is 20.9. The third-order valence-electron chi connectivity index (χ3n) is 5.57. The van der Waals surface area contributed by atoms with Gasteiger partial charge in [-0.25, -0.2) is 0 Å². The zero-order valence-electron chi connectivity index (χ0n) is 19.1. The third-order valence-corrected chi connectivity index (χ3v) is 10.6. The minimum absolute atomic E-state index is 0.494. The van der Waals surface area contributed by atoms with Crippen LogP contribution in [0.15, 0.2) is 121 Å². The molecular formula is C29H31NOP2. The van der Waals surface area contributed by atoms with E-state index >= 15 is 0 Å². The van der Waals surface area contributed by atoms with Crippen LogP contribution in [0.1, 0.15) is 0 Å². The van der Waals surface area contributed by atoms with E-state index in [1.54, 1.807) is 7.11 Å². The predicted molar refractivity (Wildman–Crippen MR) is 146 cm³/mol. The highest BCUT2D eigenvalue weighted by Gasteiger charge is 2.22. The first-order valence-electron chi connectivity index (χ1n) is 11.3. The molecule has 0 radical (unpaired) electrons. The van der Waals surface area contributed by atoms with Crippen LogP contribution in [-0.2, 0) is 4.74 Å². The SMILES string of the molecule is COCCN(CP(c1ccccc1)c1ccccc1)CP(c1ccccc1)c1ccccc1. The monoisotopic (exact) mass is 471 g/mol. The lowest BCUT2D eigenvalue weighted by Gasteiger charge is -2.32. The van der Waals surface area contributed by atoms with Crippen LogP contribution in [0.25, 0.3) is 0 Å². The average molecular weight is 472 g/mol. The second-order valence-corrected chi connectivity index (χ2v) is 12.2.